The molecule has 2 heterocycles. The zero-order chi connectivity index (χ0) is 17.0. The molecule has 0 spiro atoms. The molecule has 3 rings (SSSR count). The number of rotatable bonds is 7. The Labute approximate surface area is 148 Å². The van der Waals surface area contributed by atoms with Crippen LogP contribution in [0.25, 0.3) is 0 Å². The minimum atomic E-state index is -1.95. The number of nitrogens with zero attached hydrogens (tertiary/aromatic N) is 2. The van der Waals surface area contributed by atoms with Gasteiger partial charge in [-0.15, -0.1) is 0 Å². The van der Waals surface area contributed by atoms with Gasteiger partial charge < -0.3 is 0 Å². The third-order valence-electron chi connectivity index (χ3n) is 5.91. The summed E-state index contributed by atoms with van der Waals surface area (Å²) >= 11 is 0. The molecule has 1 aromatic carbocycles. The van der Waals surface area contributed by atoms with Gasteiger partial charge in [0.05, 0.1) is 0 Å². The summed E-state index contributed by atoms with van der Waals surface area (Å²) in [5.74, 6) is 0. The van der Waals surface area contributed by atoms with E-state index in [9.17, 15) is 0 Å². The van der Waals surface area contributed by atoms with E-state index in [4.69, 9.17) is 9.47 Å². The first-order valence-corrected chi connectivity index (χ1v) is 11.7. The molecule has 0 saturated carbocycles. The van der Waals surface area contributed by atoms with E-state index in [0.717, 1.165) is 13.2 Å². The molecule has 0 aliphatic carbocycles. The van der Waals surface area contributed by atoms with Crippen molar-refractivity contribution in [3.8, 4) is 0 Å². The molecular formula is C18H32BN2O2P. The summed E-state index contributed by atoms with van der Waals surface area (Å²) in [4.78, 5) is 0. The predicted octanol–water partition coefficient (Wildman–Crippen LogP) is 1.66. The van der Waals surface area contributed by atoms with Crippen molar-refractivity contribution in [1.29, 1.82) is 0 Å². The van der Waals surface area contributed by atoms with E-state index < -0.39 is 7.44 Å². The molecule has 0 radical (unpaired) electrons. The van der Waals surface area contributed by atoms with Gasteiger partial charge >= 0.3 is 148 Å². The van der Waals surface area contributed by atoms with Crippen LogP contribution in [-0.4, -0.2) is 69.5 Å². The Balaban J connectivity index is 1.98. The van der Waals surface area contributed by atoms with Crippen LogP contribution in [0.1, 0.15) is 25.7 Å². The molecule has 134 valence electrons. The second-order valence-corrected chi connectivity index (χ2v) is 11.0. The van der Waals surface area contributed by atoms with Crippen LogP contribution in [0.2, 0.25) is 0 Å². The molecule has 0 aromatic heterocycles. The first-order chi connectivity index (χ1) is 11.7. The molecular weight excluding hydrogens is 318 g/mol. The predicted molar refractivity (Wildman–Crippen MR) is 106 cm³/mol. The standard InChI is InChI=1S/C18H32BN2O2P/c1-22-14-16-8-6-12-20(16)24(19,18-10-4-3-5-11-18)21-13-7-9-17(21)15-23-2/h3-5,10-11,16-17,24H,6-9,12-15,19H2,1-2H3/t16-,17-/m0/s1. The number of hydrogen-bond donors (Lipinski definition) is 0. The average molecular weight is 350 g/mol. The maximum absolute atomic E-state index is 5.56. The molecule has 4 nitrogen and oxygen atoms in total. The number of benzene rings is 1. The van der Waals surface area contributed by atoms with Gasteiger partial charge in [-0.25, -0.2) is 0 Å². The van der Waals surface area contributed by atoms with E-state index in [-0.39, 0.29) is 0 Å². The molecule has 0 amide bonds. The van der Waals surface area contributed by atoms with Crippen molar-refractivity contribution in [1.82, 2.24) is 9.34 Å². The van der Waals surface area contributed by atoms with Gasteiger partial charge in [0.2, 0.25) is 0 Å². The molecule has 1 aromatic rings. The first-order valence-electron chi connectivity index (χ1n) is 9.28. The average Bonchev–Trinajstić information content (AvgIpc) is 3.26. The van der Waals surface area contributed by atoms with Gasteiger partial charge in [0.15, 0.2) is 0 Å². The zero-order valence-electron chi connectivity index (χ0n) is 15.4. The van der Waals surface area contributed by atoms with E-state index in [1.54, 1.807) is 0 Å². The Bertz CT molecular complexity index is 495. The third-order valence-corrected chi connectivity index (χ3v) is 10.8. The summed E-state index contributed by atoms with van der Waals surface area (Å²) in [7, 11) is 4.26. The van der Waals surface area contributed by atoms with Gasteiger partial charge in [-0.3, -0.25) is 0 Å². The van der Waals surface area contributed by atoms with Crippen molar-refractivity contribution in [3.05, 3.63) is 30.3 Å². The molecule has 0 bridgehead atoms. The normalized spacial score (nSPS) is 26.9. The summed E-state index contributed by atoms with van der Waals surface area (Å²) < 4.78 is 16.8. The second kappa shape index (κ2) is 8.29. The van der Waals surface area contributed by atoms with Crippen molar-refractivity contribution in [2.45, 2.75) is 37.8 Å². The van der Waals surface area contributed by atoms with E-state index >= 15 is 0 Å². The maximum atomic E-state index is 5.56. The summed E-state index contributed by atoms with van der Waals surface area (Å²) in [6, 6.07) is 12.3. The number of methoxy groups -OCH3 is 2. The topological polar surface area (TPSA) is 24.9 Å². The summed E-state index contributed by atoms with van der Waals surface area (Å²) in [6.07, 6.45) is 5.08. The van der Waals surface area contributed by atoms with Gasteiger partial charge in [-0.1, -0.05) is 0 Å². The van der Waals surface area contributed by atoms with Gasteiger partial charge in [-0.05, 0) is 0 Å². The minimum absolute atomic E-state index is 0.552. The van der Waals surface area contributed by atoms with Crippen LogP contribution < -0.4 is 5.30 Å². The Kier molecular flexibility index (Phi) is 6.34. The summed E-state index contributed by atoms with van der Waals surface area (Å²) in [5, 5.41) is 1.52. The van der Waals surface area contributed by atoms with Gasteiger partial charge in [0, 0.05) is 0 Å². The molecule has 6 heteroatoms. The van der Waals surface area contributed by atoms with Crippen LogP contribution in [0, 0.1) is 0 Å². The van der Waals surface area contributed by atoms with Gasteiger partial charge in [0.1, 0.15) is 0 Å². The van der Waals surface area contributed by atoms with Crippen LogP contribution in [0.5, 0.6) is 0 Å². The summed E-state index contributed by atoms with van der Waals surface area (Å²) in [6.45, 7) is 4.08. The quantitative estimate of drug-likeness (QED) is 0.552. The van der Waals surface area contributed by atoms with Crippen LogP contribution in [0.15, 0.2) is 30.3 Å². The first kappa shape index (κ1) is 18.3. The monoisotopic (exact) mass is 350 g/mol. The second-order valence-electron chi connectivity index (χ2n) is 7.28. The van der Waals surface area contributed by atoms with Gasteiger partial charge in [-0.2, -0.15) is 0 Å². The van der Waals surface area contributed by atoms with Gasteiger partial charge in [0.25, 0.3) is 0 Å². The number of ether oxygens (including phenoxy) is 2. The van der Waals surface area contributed by atoms with Crippen molar-refractivity contribution in [2.75, 3.05) is 40.5 Å². The Morgan fingerprint density at radius 1 is 0.958 bits per heavy atom. The van der Waals surface area contributed by atoms with Crippen LogP contribution in [-0.2, 0) is 9.47 Å². The fourth-order valence-corrected chi connectivity index (χ4v) is 9.63. The fraction of sp³-hybridized carbons (Fsp3) is 0.667. The summed E-state index contributed by atoms with van der Waals surface area (Å²) in [5.41, 5.74) is 0. The molecule has 2 aliphatic heterocycles. The Morgan fingerprint density at radius 3 is 1.92 bits per heavy atom. The molecule has 2 saturated heterocycles. The van der Waals surface area contributed by atoms with Crippen LogP contribution in [0.3, 0.4) is 0 Å². The van der Waals surface area contributed by atoms with Crippen LogP contribution >= 0.6 is 7.44 Å². The molecule has 0 unspecified atom stereocenters. The zero-order valence-corrected chi connectivity index (χ0v) is 16.4. The molecule has 2 fully saturated rings. The number of hydrogen-bond acceptors (Lipinski definition) is 4. The fourth-order valence-electron chi connectivity index (χ4n) is 4.80. The third kappa shape index (κ3) is 3.43. The van der Waals surface area contributed by atoms with E-state index in [2.05, 4.69) is 47.2 Å². The van der Waals surface area contributed by atoms with Crippen LogP contribution in [0.4, 0.5) is 0 Å². The Morgan fingerprint density at radius 2 is 1.46 bits per heavy atom. The van der Waals surface area contributed by atoms with E-state index in [1.165, 1.54) is 44.1 Å². The molecule has 24 heavy (non-hydrogen) atoms. The van der Waals surface area contributed by atoms with Crippen molar-refractivity contribution in [2.24, 2.45) is 0 Å². The SMILES string of the molecule is B[PH](c1ccccc1)(N1CCC[C@H]1COC)N1CCC[C@H]1COC. The van der Waals surface area contributed by atoms with Crippen molar-refractivity contribution in [3.63, 3.8) is 0 Å². The molecule has 0 N–H and O–H groups in total. The van der Waals surface area contributed by atoms with Crippen molar-refractivity contribution < 1.29 is 9.47 Å². The molecule has 2 aliphatic rings. The van der Waals surface area contributed by atoms with Crippen molar-refractivity contribution >= 4 is 20.3 Å². The molecule has 2 atom stereocenters. The van der Waals surface area contributed by atoms with E-state index in [0.29, 0.717) is 12.1 Å². The Hall–Kier alpha value is -0.445. The van der Waals surface area contributed by atoms with E-state index in [1.807, 2.05) is 14.2 Å².